The Hall–Kier alpha value is -2.94. The van der Waals surface area contributed by atoms with Crippen LogP contribution in [0.15, 0.2) is 53.6 Å². The first-order valence-electron chi connectivity index (χ1n) is 7.90. The number of benzene rings is 2. The molecule has 136 valence electrons. The third-order valence-electron chi connectivity index (χ3n) is 3.80. The Morgan fingerprint density at radius 3 is 2.70 bits per heavy atom. The number of hydrogen-bond donors (Lipinski definition) is 1. The van der Waals surface area contributed by atoms with Crippen LogP contribution in [0.3, 0.4) is 0 Å². The lowest BCUT2D eigenvalue weighted by molar-refractivity contribution is -0.112. The van der Waals surface area contributed by atoms with Gasteiger partial charge in [-0.1, -0.05) is 23.2 Å². The van der Waals surface area contributed by atoms with Crippen LogP contribution in [0.25, 0.3) is 6.08 Å². The molecular formula is C20H14Cl2N2O3. The number of nitrogens with zero attached hydrogens (tertiary/aromatic N) is 1. The number of rotatable bonds is 4. The van der Waals surface area contributed by atoms with Gasteiger partial charge in [0.2, 0.25) is 0 Å². The van der Waals surface area contributed by atoms with Crippen LogP contribution >= 0.6 is 23.2 Å². The number of fused-ring (bicyclic) bond motifs is 1. The Morgan fingerprint density at radius 1 is 1.30 bits per heavy atom. The van der Waals surface area contributed by atoms with E-state index in [0.29, 0.717) is 38.4 Å². The first-order chi connectivity index (χ1) is 13.0. The van der Waals surface area contributed by atoms with Crippen LogP contribution in [0, 0.1) is 11.3 Å². The van der Waals surface area contributed by atoms with Crippen molar-refractivity contribution in [1.29, 1.82) is 5.26 Å². The number of anilines is 1. The van der Waals surface area contributed by atoms with Crippen molar-refractivity contribution in [2.45, 2.75) is 0 Å². The lowest BCUT2D eigenvalue weighted by Crippen LogP contribution is -2.15. The van der Waals surface area contributed by atoms with Crippen molar-refractivity contribution in [3.8, 4) is 17.6 Å². The highest BCUT2D eigenvalue weighted by atomic mass is 35.5. The van der Waals surface area contributed by atoms with Crippen LogP contribution in [0.4, 0.5) is 5.69 Å². The molecule has 0 saturated carbocycles. The van der Waals surface area contributed by atoms with Gasteiger partial charge >= 0.3 is 0 Å². The standard InChI is InChI=1S/C20H14Cl2N2O3/c1-26-17-4-2-16(3-5-17)24-20(25)14(10-23)7-12-6-13-8-15(21)9-18(22)19(13)27-11-12/h2-9H,11H2,1H3,(H,24,25)/b14-7-. The Balaban J connectivity index is 1.82. The maximum atomic E-state index is 12.4. The van der Waals surface area contributed by atoms with Crippen LogP contribution < -0.4 is 14.8 Å². The quantitative estimate of drug-likeness (QED) is 0.586. The summed E-state index contributed by atoms with van der Waals surface area (Å²) in [6, 6.07) is 12.0. The first-order valence-corrected chi connectivity index (χ1v) is 8.65. The van der Waals surface area contributed by atoms with E-state index in [0.717, 1.165) is 0 Å². The highest BCUT2D eigenvalue weighted by molar-refractivity contribution is 6.36. The minimum absolute atomic E-state index is 0.0442. The summed E-state index contributed by atoms with van der Waals surface area (Å²) in [7, 11) is 1.56. The van der Waals surface area contributed by atoms with Crippen molar-refractivity contribution >= 4 is 40.9 Å². The highest BCUT2D eigenvalue weighted by Crippen LogP contribution is 2.36. The number of carbonyl (C=O) groups excluding carboxylic acids is 1. The van der Waals surface area contributed by atoms with Gasteiger partial charge in [0.25, 0.3) is 5.91 Å². The smallest absolute Gasteiger partial charge is 0.266 e. The number of nitriles is 1. The van der Waals surface area contributed by atoms with Crippen LogP contribution in [-0.4, -0.2) is 19.6 Å². The number of carbonyl (C=O) groups is 1. The largest absolute Gasteiger partial charge is 0.497 e. The molecule has 1 heterocycles. The SMILES string of the molecule is COc1ccc(NC(=O)/C(C#N)=C\C2=Cc3cc(Cl)cc(Cl)c3OC2)cc1. The van der Waals surface area contributed by atoms with E-state index >= 15 is 0 Å². The monoisotopic (exact) mass is 400 g/mol. The normalized spacial score (nSPS) is 13.0. The minimum atomic E-state index is -0.515. The van der Waals surface area contributed by atoms with Gasteiger partial charge in [-0.15, -0.1) is 0 Å². The molecule has 3 rings (SSSR count). The van der Waals surface area contributed by atoms with Crippen molar-refractivity contribution in [2.24, 2.45) is 0 Å². The number of amides is 1. The van der Waals surface area contributed by atoms with Crippen molar-refractivity contribution in [3.05, 3.63) is 69.2 Å². The van der Waals surface area contributed by atoms with Crippen LogP contribution in [0.5, 0.6) is 11.5 Å². The average molecular weight is 401 g/mol. The number of methoxy groups -OCH3 is 1. The van der Waals surface area contributed by atoms with E-state index in [2.05, 4.69) is 5.32 Å². The van der Waals surface area contributed by atoms with Crippen molar-refractivity contribution in [3.63, 3.8) is 0 Å². The van der Waals surface area contributed by atoms with Crippen LogP contribution in [0.2, 0.25) is 10.0 Å². The Kier molecular flexibility index (Phi) is 5.70. The predicted octanol–water partition coefficient (Wildman–Crippen LogP) is 4.87. The molecular weight excluding hydrogens is 387 g/mol. The Morgan fingerprint density at radius 2 is 2.04 bits per heavy atom. The molecule has 7 heteroatoms. The molecule has 1 N–H and O–H groups in total. The van der Waals surface area contributed by atoms with Gasteiger partial charge in [0.15, 0.2) is 0 Å². The molecule has 0 radical (unpaired) electrons. The molecule has 2 aromatic rings. The number of ether oxygens (including phenoxy) is 2. The summed E-state index contributed by atoms with van der Waals surface area (Å²) in [4.78, 5) is 12.4. The molecule has 27 heavy (non-hydrogen) atoms. The van der Waals surface area contributed by atoms with Gasteiger partial charge in [0, 0.05) is 16.3 Å². The second kappa shape index (κ2) is 8.17. The van der Waals surface area contributed by atoms with Crippen molar-refractivity contribution in [2.75, 3.05) is 19.0 Å². The summed E-state index contributed by atoms with van der Waals surface area (Å²) in [5.74, 6) is 0.683. The molecule has 5 nitrogen and oxygen atoms in total. The summed E-state index contributed by atoms with van der Waals surface area (Å²) in [5.41, 5.74) is 1.86. The molecule has 0 spiro atoms. The number of hydrogen-bond acceptors (Lipinski definition) is 4. The molecule has 0 atom stereocenters. The Bertz CT molecular complexity index is 990. The summed E-state index contributed by atoms with van der Waals surface area (Å²) >= 11 is 12.1. The molecule has 0 saturated heterocycles. The van der Waals surface area contributed by atoms with Gasteiger partial charge in [0.1, 0.15) is 29.7 Å². The summed E-state index contributed by atoms with van der Waals surface area (Å²) < 4.78 is 10.7. The van der Waals surface area contributed by atoms with E-state index in [1.807, 2.05) is 6.07 Å². The predicted molar refractivity (Wildman–Crippen MR) is 105 cm³/mol. The molecule has 1 aliphatic heterocycles. The maximum absolute atomic E-state index is 12.4. The fraction of sp³-hybridized carbons (Fsp3) is 0.100. The zero-order valence-corrected chi connectivity index (χ0v) is 15.8. The maximum Gasteiger partial charge on any atom is 0.266 e. The van der Waals surface area contributed by atoms with E-state index in [-0.39, 0.29) is 12.2 Å². The van der Waals surface area contributed by atoms with Gasteiger partial charge in [-0.3, -0.25) is 4.79 Å². The molecule has 0 unspecified atom stereocenters. The molecule has 0 fully saturated rings. The fourth-order valence-electron chi connectivity index (χ4n) is 2.53. The second-order valence-corrected chi connectivity index (χ2v) is 6.51. The molecule has 2 aromatic carbocycles. The summed E-state index contributed by atoms with van der Waals surface area (Å²) in [5, 5.41) is 12.9. The van der Waals surface area contributed by atoms with Crippen molar-refractivity contribution in [1.82, 2.24) is 0 Å². The topological polar surface area (TPSA) is 71.3 Å². The van der Waals surface area contributed by atoms with Gasteiger partial charge in [-0.2, -0.15) is 5.26 Å². The summed E-state index contributed by atoms with van der Waals surface area (Å²) in [6.45, 7) is 0.190. The van der Waals surface area contributed by atoms with E-state index in [1.54, 1.807) is 49.6 Å². The van der Waals surface area contributed by atoms with Crippen LogP contribution in [-0.2, 0) is 4.79 Å². The minimum Gasteiger partial charge on any atom is -0.497 e. The van der Waals surface area contributed by atoms with E-state index in [4.69, 9.17) is 32.7 Å². The van der Waals surface area contributed by atoms with E-state index in [1.165, 1.54) is 6.08 Å². The first kappa shape index (κ1) is 18.8. The van der Waals surface area contributed by atoms with Gasteiger partial charge in [-0.05, 0) is 54.1 Å². The van der Waals surface area contributed by atoms with E-state index < -0.39 is 5.91 Å². The lowest BCUT2D eigenvalue weighted by Gasteiger charge is -2.18. The highest BCUT2D eigenvalue weighted by Gasteiger charge is 2.17. The van der Waals surface area contributed by atoms with Crippen molar-refractivity contribution < 1.29 is 14.3 Å². The lowest BCUT2D eigenvalue weighted by atomic mass is 10.0. The van der Waals surface area contributed by atoms with Crippen LogP contribution in [0.1, 0.15) is 5.56 Å². The van der Waals surface area contributed by atoms with Gasteiger partial charge < -0.3 is 14.8 Å². The second-order valence-electron chi connectivity index (χ2n) is 5.67. The Labute approximate surface area is 166 Å². The molecule has 1 aliphatic rings. The van der Waals surface area contributed by atoms with Gasteiger partial charge in [0.05, 0.1) is 12.1 Å². The average Bonchev–Trinajstić information content (AvgIpc) is 2.66. The zero-order chi connectivity index (χ0) is 19.4. The zero-order valence-electron chi connectivity index (χ0n) is 14.3. The fourth-order valence-corrected chi connectivity index (χ4v) is 3.09. The summed E-state index contributed by atoms with van der Waals surface area (Å²) in [6.07, 6.45) is 3.27. The number of nitrogens with one attached hydrogen (secondary N) is 1. The molecule has 0 aliphatic carbocycles. The number of halogens is 2. The third kappa shape index (κ3) is 4.43. The van der Waals surface area contributed by atoms with Gasteiger partial charge in [-0.25, -0.2) is 0 Å². The molecule has 1 amide bonds. The molecule has 0 bridgehead atoms. The molecule has 0 aromatic heterocycles. The van der Waals surface area contributed by atoms with E-state index in [9.17, 15) is 10.1 Å². The third-order valence-corrected chi connectivity index (χ3v) is 4.30.